The van der Waals surface area contributed by atoms with Crippen LogP contribution in [0, 0.1) is 0 Å². The van der Waals surface area contributed by atoms with Crippen molar-refractivity contribution in [1.82, 2.24) is 4.90 Å². The van der Waals surface area contributed by atoms with E-state index >= 15 is 0 Å². The van der Waals surface area contributed by atoms with Crippen LogP contribution in [0.1, 0.15) is 25.5 Å². The Morgan fingerprint density at radius 1 is 1.46 bits per heavy atom. The zero-order valence-electron chi connectivity index (χ0n) is 13.6. The lowest BCUT2D eigenvalue weighted by Crippen LogP contribution is -2.34. The summed E-state index contributed by atoms with van der Waals surface area (Å²) in [4.78, 5) is 19.0. The summed E-state index contributed by atoms with van der Waals surface area (Å²) < 4.78 is 10.5. The third-order valence-electron chi connectivity index (χ3n) is 3.81. The Labute approximate surface area is 150 Å². The minimum absolute atomic E-state index is 0.312. The van der Waals surface area contributed by atoms with Crippen LogP contribution in [0.2, 0.25) is 5.02 Å². The van der Waals surface area contributed by atoms with Gasteiger partial charge in [-0.05, 0) is 37.0 Å². The molecule has 0 aliphatic carbocycles. The van der Waals surface area contributed by atoms with E-state index in [4.69, 9.17) is 21.1 Å². The van der Waals surface area contributed by atoms with Gasteiger partial charge in [0.15, 0.2) is 5.17 Å². The van der Waals surface area contributed by atoms with Gasteiger partial charge >= 0.3 is 5.97 Å². The number of esters is 1. The van der Waals surface area contributed by atoms with Crippen LogP contribution in [-0.4, -0.2) is 29.8 Å². The molecule has 2 heterocycles. The fourth-order valence-corrected chi connectivity index (χ4v) is 3.81. The largest absolute Gasteiger partial charge is 0.495 e. The van der Waals surface area contributed by atoms with E-state index in [2.05, 4.69) is 4.99 Å². The minimum atomic E-state index is -0.361. The molecule has 0 N–H and O–H groups in total. The van der Waals surface area contributed by atoms with Crippen LogP contribution < -0.4 is 4.74 Å². The first-order valence-electron chi connectivity index (χ1n) is 7.48. The first-order valence-corrected chi connectivity index (χ1v) is 8.74. The van der Waals surface area contributed by atoms with Crippen molar-refractivity contribution in [3.05, 3.63) is 51.7 Å². The predicted molar refractivity (Wildman–Crippen MR) is 96.1 cm³/mol. The molecule has 1 aromatic carbocycles. The molecule has 126 valence electrons. The van der Waals surface area contributed by atoms with Gasteiger partial charge in [0.05, 0.1) is 36.1 Å². The Morgan fingerprint density at radius 3 is 2.92 bits per heavy atom. The first-order chi connectivity index (χ1) is 11.6. The number of thioether (sulfide) groups is 1. The van der Waals surface area contributed by atoms with Crippen LogP contribution in [0.3, 0.4) is 0 Å². The maximum absolute atomic E-state index is 12.5. The highest BCUT2D eigenvalue weighted by Crippen LogP contribution is 2.42. The number of carbonyl (C=O) groups excluding carboxylic acids is 1. The van der Waals surface area contributed by atoms with Crippen LogP contribution in [0.25, 0.3) is 0 Å². The van der Waals surface area contributed by atoms with Gasteiger partial charge in [0, 0.05) is 6.20 Å². The lowest BCUT2D eigenvalue weighted by atomic mass is 9.95. The predicted octanol–water partition coefficient (Wildman–Crippen LogP) is 4.12. The second-order valence-corrected chi connectivity index (χ2v) is 6.50. The molecule has 0 saturated carbocycles. The number of amidine groups is 1. The molecule has 0 aromatic heterocycles. The maximum atomic E-state index is 12.5. The molecule has 0 spiro atoms. The molecule has 2 aliphatic rings. The summed E-state index contributed by atoms with van der Waals surface area (Å²) in [5, 5.41) is 3.27. The van der Waals surface area contributed by atoms with Crippen molar-refractivity contribution in [2.75, 3.05) is 13.7 Å². The van der Waals surface area contributed by atoms with E-state index in [-0.39, 0.29) is 12.0 Å². The number of hydrogen-bond donors (Lipinski definition) is 0. The molecule has 1 aromatic rings. The quantitative estimate of drug-likeness (QED) is 0.752. The average Bonchev–Trinajstić information content (AvgIpc) is 3.01. The van der Waals surface area contributed by atoms with Crippen molar-refractivity contribution in [3.8, 4) is 5.75 Å². The molecule has 2 aliphatic heterocycles. The smallest absolute Gasteiger partial charge is 0.338 e. The van der Waals surface area contributed by atoms with Crippen molar-refractivity contribution in [2.45, 2.75) is 19.9 Å². The molecule has 24 heavy (non-hydrogen) atoms. The average molecular weight is 365 g/mol. The highest BCUT2D eigenvalue weighted by atomic mass is 35.5. The van der Waals surface area contributed by atoms with Gasteiger partial charge in [0.25, 0.3) is 0 Å². The molecule has 5 nitrogen and oxygen atoms in total. The number of rotatable bonds is 4. The van der Waals surface area contributed by atoms with Gasteiger partial charge < -0.3 is 14.4 Å². The van der Waals surface area contributed by atoms with Crippen LogP contribution in [0.5, 0.6) is 5.75 Å². The fraction of sp³-hybridized carbons (Fsp3) is 0.294. The second kappa shape index (κ2) is 6.91. The third kappa shape index (κ3) is 2.91. The molecule has 0 fully saturated rings. The van der Waals surface area contributed by atoms with E-state index < -0.39 is 0 Å². The van der Waals surface area contributed by atoms with Crippen molar-refractivity contribution in [3.63, 3.8) is 0 Å². The lowest BCUT2D eigenvalue weighted by Gasteiger charge is -2.33. The molecule has 1 atom stereocenters. The first kappa shape index (κ1) is 16.9. The Morgan fingerprint density at radius 2 is 2.25 bits per heavy atom. The molecule has 3 rings (SSSR count). The Bertz CT molecular complexity index is 773. The number of ether oxygens (including phenoxy) is 2. The van der Waals surface area contributed by atoms with Crippen molar-refractivity contribution in [1.29, 1.82) is 0 Å². The molecule has 0 saturated heterocycles. The van der Waals surface area contributed by atoms with E-state index in [0.717, 1.165) is 10.7 Å². The van der Waals surface area contributed by atoms with Crippen LogP contribution in [0.4, 0.5) is 0 Å². The fourth-order valence-electron chi connectivity index (χ4n) is 2.75. The van der Waals surface area contributed by atoms with Crippen LogP contribution in [-0.2, 0) is 9.53 Å². The second-order valence-electron chi connectivity index (χ2n) is 5.22. The summed E-state index contributed by atoms with van der Waals surface area (Å²) in [5.41, 5.74) is 2.06. The number of hydrogen-bond acceptors (Lipinski definition) is 6. The van der Waals surface area contributed by atoms with Crippen molar-refractivity contribution in [2.24, 2.45) is 4.99 Å². The van der Waals surface area contributed by atoms with E-state index in [1.54, 1.807) is 20.1 Å². The SMILES string of the molecule is CCOC(=O)C1=C(C)N=C2SC=CN2C1c1ccc(OC)c(Cl)c1. The zero-order valence-corrected chi connectivity index (χ0v) is 15.1. The molecule has 7 heteroatoms. The Balaban J connectivity index is 2.10. The van der Waals surface area contributed by atoms with Crippen molar-refractivity contribution < 1.29 is 14.3 Å². The number of allylic oxidation sites excluding steroid dienone is 1. The Kier molecular flexibility index (Phi) is 4.87. The molecule has 0 radical (unpaired) electrons. The van der Waals surface area contributed by atoms with Gasteiger partial charge in [-0.15, -0.1) is 0 Å². The highest BCUT2D eigenvalue weighted by Gasteiger charge is 2.37. The van der Waals surface area contributed by atoms with Gasteiger partial charge in [0.1, 0.15) is 5.75 Å². The molecule has 0 amide bonds. The summed E-state index contributed by atoms with van der Waals surface area (Å²) in [6.07, 6.45) is 1.91. The molecule has 0 bridgehead atoms. The topological polar surface area (TPSA) is 51.1 Å². The number of halogens is 1. The zero-order chi connectivity index (χ0) is 17.3. The van der Waals surface area contributed by atoms with Gasteiger partial charge in [-0.3, -0.25) is 0 Å². The number of fused-ring (bicyclic) bond motifs is 1. The lowest BCUT2D eigenvalue weighted by molar-refractivity contribution is -0.139. The monoisotopic (exact) mass is 364 g/mol. The molecular weight excluding hydrogens is 348 g/mol. The number of benzene rings is 1. The van der Waals surface area contributed by atoms with E-state index in [0.29, 0.717) is 28.6 Å². The van der Waals surface area contributed by atoms with Gasteiger partial charge in [0.2, 0.25) is 0 Å². The van der Waals surface area contributed by atoms with Crippen LogP contribution >= 0.6 is 23.4 Å². The molecule has 1 unspecified atom stereocenters. The standard InChI is InChI=1S/C17H17ClN2O3S/c1-4-23-16(21)14-10(2)19-17-20(7-8-24-17)15(14)11-5-6-13(22-3)12(18)9-11/h5-9,15H,4H2,1-3H3. The number of aliphatic imine (C=N–C) groups is 1. The maximum Gasteiger partial charge on any atom is 0.338 e. The summed E-state index contributed by atoms with van der Waals surface area (Å²) in [5.74, 6) is 0.231. The minimum Gasteiger partial charge on any atom is -0.495 e. The summed E-state index contributed by atoms with van der Waals surface area (Å²) in [6, 6.07) is 5.19. The van der Waals surface area contributed by atoms with Crippen LogP contribution in [0.15, 0.2) is 46.1 Å². The normalized spacial score (nSPS) is 19.2. The van der Waals surface area contributed by atoms with Gasteiger partial charge in [-0.2, -0.15) is 0 Å². The highest BCUT2D eigenvalue weighted by molar-refractivity contribution is 8.16. The summed E-state index contributed by atoms with van der Waals surface area (Å²) in [6.45, 7) is 3.93. The van der Waals surface area contributed by atoms with E-state index in [9.17, 15) is 4.79 Å². The number of nitrogens with zero attached hydrogens (tertiary/aromatic N) is 2. The summed E-state index contributed by atoms with van der Waals surface area (Å²) in [7, 11) is 1.57. The van der Waals surface area contributed by atoms with Crippen molar-refractivity contribution >= 4 is 34.5 Å². The van der Waals surface area contributed by atoms with E-state index in [1.165, 1.54) is 11.8 Å². The molecular formula is C17H17ClN2O3S. The number of carbonyl (C=O) groups is 1. The van der Waals surface area contributed by atoms with Gasteiger partial charge in [-0.1, -0.05) is 29.4 Å². The van der Waals surface area contributed by atoms with E-state index in [1.807, 2.05) is 35.6 Å². The number of methoxy groups -OCH3 is 1. The Hall–Kier alpha value is -1.92. The van der Waals surface area contributed by atoms with Gasteiger partial charge in [-0.25, -0.2) is 9.79 Å². The summed E-state index contributed by atoms with van der Waals surface area (Å²) >= 11 is 7.81. The third-order valence-corrected chi connectivity index (χ3v) is 4.87.